The highest BCUT2D eigenvalue weighted by atomic mass is 35.5. The van der Waals surface area contributed by atoms with Gasteiger partial charge in [-0.2, -0.15) is 0 Å². The van der Waals surface area contributed by atoms with Crippen molar-refractivity contribution in [3.05, 3.63) is 53.6 Å². The van der Waals surface area contributed by atoms with Gasteiger partial charge in [-0.05, 0) is 36.4 Å². The number of hydrogen-bond donors (Lipinski definition) is 1. The number of carbonyl (C=O) groups is 1. The predicted octanol–water partition coefficient (Wildman–Crippen LogP) is 2.65. The Balaban J connectivity index is 1.65. The van der Waals surface area contributed by atoms with Crippen LogP contribution in [0.25, 0.3) is 0 Å². The number of sulfonamides is 1. The molecule has 1 unspecified atom stereocenters. The van der Waals surface area contributed by atoms with Crippen molar-refractivity contribution in [1.82, 2.24) is 4.72 Å². The molecule has 1 amide bonds. The summed E-state index contributed by atoms with van der Waals surface area (Å²) in [4.78, 5) is 13.6. The summed E-state index contributed by atoms with van der Waals surface area (Å²) in [5.74, 6) is 0.613. The van der Waals surface area contributed by atoms with E-state index in [0.29, 0.717) is 16.5 Å². The molecule has 1 saturated heterocycles. The van der Waals surface area contributed by atoms with Gasteiger partial charge < -0.3 is 9.47 Å². The Kier molecular flexibility index (Phi) is 5.36. The number of benzene rings is 2. The van der Waals surface area contributed by atoms with Crippen molar-refractivity contribution in [2.24, 2.45) is 0 Å². The summed E-state index contributed by atoms with van der Waals surface area (Å²) < 4.78 is 37.4. The molecule has 0 aromatic heterocycles. The molecule has 3 rings (SSSR count). The fourth-order valence-corrected chi connectivity index (χ4v) is 3.71. The number of nitrogens with zero attached hydrogens (tertiary/aromatic N) is 1. The van der Waals surface area contributed by atoms with Crippen LogP contribution in [0.5, 0.6) is 5.75 Å². The Bertz CT molecular complexity index is 902. The lowest BCUT2D eigenvalue weighted by Crippen LogP contribution is -2.34. The van der Waals surface area contributed by atoms with Gasteiger partial charge >= 0.3 is 6.09 Å². The predicted molar refractivity (Wildman–Crippen MR) is 97.2 cm³/mol. The normalized spacial score (nSPS) is 17.2. The number of hydrogen-bond acceptors (Lipinski definition) is 5. The van der Waals surface area contributed by atoms with Crippen molar-refractivity contribution in [3.63, 3.8) is 0 Å². The molecule has 0 aliphatic carbocycles. The van der Waals surface area contributed by atoms with Gasteiger partial charge in [0.15, 0.2) is 0 Å². The molecule has 1 atom stereocenters. The fraction of sp³-hybridized carbons (Fsp3) is 0.235. The van der Waals surface area contributed by atoms with Gasteiger partial charge in [-0.1, -0.05) is 17.7 Å². The van der Waals surface area contributed by atoms with E-state index < -0.39 is 22.2 Å². The Hall–Kier alpha value is -2.29. The van der Waals surface area contributed by atoms with Crippen LogP contribution in [-0.4, -0.2) is 40.8 Å². The summed E-state index contributed by atoms with van der Waals surface area (Å²) in [5.41, 5.74) is 0.623. The monoisotopic (exact) mass is 396 g/mol. The number of amides is 1. The quantitative estimate of drug-likeness (QED) is 0.811. The molecular weight excluding hydrogens is 380 g/mol. The molecule has 26 heavy (non-hydrogen) atoms. The molecule has 2 aromatic carbocycles. The molecule has 0 radical (unpaired) electrons. The SMILES string of the molecule is COc1cccc(N2CC(CNS(=O)(=O)c3ccc(Cl)cc3)OC2=O)c1. The average molecular weight is 397 g/mol. The second-order valence-corrected chi connectivity index (χ2v) is 7.83. The second kappa shape index (κ2) is 7.53. The molecule has 1 aliphatic rings. The third kappa shape index (κ3) is 4.09. The van der Waals surface area contributed by atoms with Gasteiger partial charge in [-0.3, -0.25) is 4.90 Å². The maximum atomic E-state index is 12.3. The summed E-state index contributed by atoms with van der Waals surface area (Å²) >= 11 is 5.77. The molecule has 138 valence electrons. The zero-order valence-electron chi connectivity index (χ0n) is 13.9. The molecule has 1 N–H and O–H groups in total. The van der Waals surface area contributed by atoms with Crippen molar-refractivity contribution in [3.8, 4) is 5.75 Å². The molecule has 0 spiro atoms. The summed E-state index contributed by atoms with van der Waals surface area (Å²) in [7, 11) is -2.18. The van der Waals surface area contributed by atoms with Gasteiger partial charge in [0.1, 0.15) is 11.9 Å². The number of methoxy groups -OCH3 is 1. The Labute approximate surface area is 156 Å². The van der Waals surface area contributed by atoms with Crippen LogP contribution in [0.3, 0.4) is 0 Å². The lowest BCUT2D eigenvalue weighted by Gasteiger charge is -2.14. The number of rotatable bonds is 6. The number of carbonyl (C=O) groups excluding carboxylic acids is 1. The van der Waals surface area contributed by atoms with E-state index in [4.69, 9.17) is 21.1 Å². The summed E-state index contributed by atoms with van der Waals surface area (Å²) in [6, 6.07) is 12.8. The molecular formula is C17H17ClN2O5S. The highest BCUT2D eigenvalue weighted by Crippen LogP contribution is 2.25. The third-order valence-corrected chi connectivity index (χ3v) is 5.56. The van der Waals surface area contributed by atoms with Crippen molar-refractivity contribution < 1.29 is 22.7 Å². The highest BCUT2D eigenvalue weighted by molar-refractivity contribution is 7.89. The lowest BCUT2D eigenvalue weighted by atomic mass is 10.2. The molecule has 0 bridgehead atoms. The lowest BCUT2D eigenvalue weighted by molar-refractivity contribution is 0.143. The highest BCUT2D eigenvalue weighted by Gasteiger charge is 2.33. The van der Waals surface area contributed by atoms with E-state index in [1.54, 1.807) is 24.3 Å². The second-order valence-electron chi connectivity index (χ2n) is 5.62. The minimum atomic E-state index is -3.71. The Morgan fingerprint density at radius 1 is 1.27 bits per heavy atom. The summed E-state index contributed by atoms with van der Waals surface area (Å²) in [5, 5.41) is 0.447. The van der Waals surface area contributed by atoms with Gasteiger partial charge in [0, 0.05) is 17.6 Å². The van der Waals surface area contributed by atoms with Crippen LogP contribution in [0.2, 0.25) is 5.02 Å². The summed E-state index contributed by atoms with van der Waals surface area (Å²) in [6.45, 7) is 0.201. The van der Waals surface area contributed by atoms with E-state index in [1.165, 1.54) is 36.3 Å². The first kappa shape index (κ1) is 18.5. The maximum absolute atomic E-state index is 12.3. The fourth-order valence-electron chi connectivity index (χ4n) is 2.52. The first-order valence-corrected chi connectivity index (χ1v) is 9.62. The number of anilines is 1. The van der Waals surface area contributed by atoms with Crippen LogP contribution in [-0.2, 0) is 14.8 Å². The zero-order chi connectivity index (χ0) is 18.7. The van der Waals surface area contributed by atoms with Crippen molar-refractivity contribution in [2.75, 3.05) is 25.1 Å². The number of nitrogens with one attached hydrogen (secondary N) is 1. The van der Waals surface area contributed by atoms with E-state index in [9.17, 15) is 13.2 Å². The van der Waals surface area contributed by atoms with Crippen LogP contribution in [0.1, 0.15) is 0 Å². The minimum Gasteiger partial charge on any atom is -0.497 e. The van der Waals surface area contributed by atoms with E-state index in [0.717, 1.165) is 0 Å². The topological polar surface area (TPSA) is 84.9 Å². The Morgan fingerprint density at radius 3 is 2.69 bits per heavy atom. The first-order valence-electron chi connectivity index (χ1n) is 7.76. The number of cyclic esters (lactones) is 1. The van der Waals surface area contributed by atoms with E-state index >= 15 is 0 Å². The molecule has 2 aromatic rings. The average Bonchev–Trinajstić information content (AvgIpc) is 3.01. The van der Waals surface area contributed by atoms with Crippen LogP contribution < -0.4 is 14.4 Å². The van der Waals surface area contributed by atoms with Crippen molar-refractivity contribution >= 4 is 33.4 Å². The van der Waals surface area contributed by atoms with Gasteiger partial charge in [0.05, 0.1) is 24.2 Å². The van der Waals surface area contributed by atoms with Crippen molar-refractivity contribution in [1.29, 1.82) is 0 Å². The number of halogens is 1. The Morgan fingerprint density at radius 2 is 2.00 bits per heavy atom. The van der Waals surface area contributed by atoms with Gasteiger partial charge in [0.2, 0.25) is 10.0 Å². The van der Waals surface area contributed by atoms with Gasteiger partial charge in [0.25, 0.3) is 0 Å². The molecule has 9 heteroatoms. The molecule has 1 heterocycles. The van der Waals surface area contributed by atoms with E-state index in [-0.39, 0.29) is 18.0 Å². The molecule has 1 fully saturated rings. The molecule has 0 saturated carbocycles. The number of ether oxygens (including phenoxy) is 2. The minimum absolute atomic E-state index is 0.0306. The van der Waals surface area contributed by atoms with E-state index in [2.05, 4.69) is 4.72 Å². The molecule has 7 nitrogen and oxygen atoms in total. The van der Waals surface area contributed by atoms with E-state index in [1.807, 2.05) is 0 Å². The van der Waals surface area contributed by atoms with Crippen LogP contribution in [0.15, 0.2) is 53.4 Å². The van der Waals surface area contributed by atoms with Gasteiger partial charge in [-0.25, -0.2) is 17.9 Å². The van der Waals surface area contributed by atoms with Crippen LogP contribution >= 0.6 is 11.6 Å². The van der Waals surface area contributed by atoms with Crippen molar-refractivity contribution in [2.45, 2.75) is 11.0 Å². The smallest absolute Gasteiger partial charge is 0.414 e. The molecule has 1 aliphatic heterocycles. The van der Waals surface area contributed by atoms with Crippen LogP contribution in [0, 0.1) is 0 Å². The zero-order valence-corrected chi connectivity index (χ0v) is 15.5. The van der Waals surface area contributed by atoms with Gasteiger partial charge in [-0.15, -0.1) is 0 Å². The third-order valence-electron chi connectivity index (χ3n) is 3.86. The largest absolute Gasteiger partial charge is 0.497 e. The van der Waals surface area contributed by atoms with Crippen LogP contribution in [0.4, 0.5) is 10.5 Å². The summed E-state index contributed by atoms with van der Waals surface area (Å²) in [6.07, 6.45) is -1.13. The standard InChI is InChI=1S/C17H17ClN2O5S/c1-24-14-4-2-3-13(9-14)20-11-15(25-17(20)21)10-19-26(22,23)16-7-5-12(18)6-8-16/h2-9,15,19H,10-11H2,1H3. The first-order chi connectivity index (χ1) is 12.4. The maximum Gasteiger partial charge on any atom is 0.414 e.